The van der Waals surface area contributed by atoms with Gasteiger partial charge in [-0.15, -0.1) is 0 Å². The molecule has 1 amide bonds. The summed E-state index contributed by atoms with van der Waals surface area (Å²) in [4.78, 5) is 31.7. The summed E-state index contributed by atoms with van der Waals surface area (Å²) in [6.45, 7) is 6.23. The summed E-state index contributed by atoms with van der Waals surface area (Å²) >= 11 is 1.52. The molecule has 0 bridgehead atoms. The molecule has 29 heavy (non-hydrogen) atoms. The second-order valence-corrected chi connectivity index (χ2v) is 7.52. The molecule has 1 atom stereocenters. The zero-order chi connectivity index (χ0) is 20.8. The van der Waals surface area contributed by atoms with Crippen molar-refractivity contribution < 1.29 is 23.8 Å². The Hall–Kier alpha value is -2.58. The van der Waals surface area contributed by atoms with Gasteiger partial charge in [0.1, 0.15) is 19.0 Å². The molecule has 154 valence electrons. The van der Waals surface area contributed by atoms with E-state index in [9.17, 15) is 9.59 Å². The topological polar surface area (TPSA) is 77.4 Å². The third-order valence-electron chi connectivity index (χ3n) is 4.51. The number of esters is 1. The average Bonchev–Trinajstić information content (AvgIpc) is 2.72. The van der Waals surface area contributed by atoms with Gasteiger partial charge in [-0.2, -0.15) is 0 Å². The summed E-state index contributed by atoms with van der Waals surface area (Å²) in [5.41, 5.74) is 1.70. The van der Waals surface area contributed by atoms with E-state index in [1.54, 1.807) is 17.9 Å². The van der Waals surface area contributed by atoms with E-state index in [-0.39, 0.29) is 12.5 Å². The Kier molecular flexibility index (Phi) is 7.11. The van der Waals surface area contributed by atoms with E-state index < -0.39 is 12.0 Å². The zero-order valence-corrected chi connectivity index (χ0v) is 17.4. The Bertz CT molecular complexity index is 847. The van der Waals surface area contributed by atoms with Gasteiger partial charge in [-0.25, -0.2) is 9.79 Å². The fourth-order valence-corrected chi connectivity index (χ4v) is 4.18. The molecule has 0 spiro atoms. The van der Waals surface area contributed by atoms with Crippen LogP contribution in [0.2, 0.25) is 0 Å². The van der Waals surface area contributed by atoms with Crippen LogP contribution in [0.15, 0.2) is 53.2 Å². The van der Waals surface area contributed by atoms with Crippen molar-refractivity contribution in [3.05, 3.63) is 53.8 Å². The van der Waals surface area contributed by atoms with Gasteiger partial charge in [-0.05, 0) is 24.6 Å². The largest absolute Gasteiger partial charge is 0.490 e. The minimum Gasteiger partial charge on any atom is -0.490 e. The van der Waals surface area contributed by atoms with Crippen molar-refractivity contribution in [3.63, 3.8) is 0 Å². The number of allylic oxidation sites excluding steroid dienone is 1. The van der Waals surface area contributed by atoms with Gasteiger partial charge in [0.15, 0.2) is 5.17 Å². The number of rotatable bonds is 8. The number of thioether (sulfide) groups is 1. The molecular weight excluding hydrogens is 392 g/mol. The standard InChI is InChI=1S/C21H24N2O5S/c1-4-10-27-16-7-5-15(6-8-16)19-18(20(25)28-12-11-26-3)14(2)22-21-23(19)17(24)9-13-29-21/h4-8,19H,1,9-13H2,2-3H3. The first kappa shape index (κ1) is 21.1. The number of carbonyl (C=O) groups is 2. The lowest BCUT2D eigenvalue weighted by Crippen LogP contribution is -2.45. The fraction of sp³-hybridized carbons (Fsp3) is 0.381. The SMILES string of the molecule is C=CCOc1ccc(C2C(C(=O)OCCOC)=C(C)N=C3SCCC(=O)N32)cc1. The van der Waals surface area contributed by atoms with Gasteiger partial charge in [-0.1, -0.05) is 36.5 Å². The second-order valence-electron chi connectivity index (χ2n) is 6.46. The Balaban J connectivity index is 1.98. The van der Waals surface area contributed by atoms with Crippen LogP contribution in [0, 0.1) is 0 Å². The molecule has 1 saturated heterocycles. The Morgan fingerprint density at radius 2 is 2.10 bits per heavy atom. The lowest BCUT2D eigenvalue weighted by atomic mass is 9.94. The van der Waals surface area contributed by atoms with Crippen molar-refractivity contribution in [2.75, 3.05) is 32.7 Å². The van der Waals surface area contributed by atoms with Gasteiger partial charge in [0.25, 0.3) is 0 Å². The first-order valence-electron chi connectivity index (χ1n) is 9.30. The highest BCUT2D eigenvalue weighted by Gasteiger charge is 2.41. The van der Waals surface area contributed by atoms with E-state index >= 15 is 0 Å². The maximum atomic E-state index is 12.9. The van der Waals surface area contributed by atoms with Gasteiger partial charge in [0.05, 0.1) is 23.9 Å². The van der Waals surface area contributed by atoms with Crippen molar-refractivity contribution in [1.82, 2.24) is 4.90 Å². The van der Waals surface area contributed by atoms with Crippen LogP contribution in [0.25, 0.3) is 0 Å². The number of carbonyl (C=O) groups excluding carboxylic acids is 2. The number of hydrogen-bond acceptors (Lipinski definition) is 7. The minimum absolute atomic E-state index is 0.0609. The molecule has 0 saturated carbocycles. The Morgan fingerprint density at radius 1 is 1.34 bits per heavy atom. The Morgan fingerprint density at radius 3 is 2.79 bits per heavy atom. The molecule has 2 aliphatic heterocycles. The first-order valence-corrected chi connectivity index (χ1v) is 10.3. The maximum absolute atomic E-state index is 12.9. The summed E-state index contributed by atoms with van der Waals surface area (Å²) in [5.74, 6) is 0.801. The van der Waals surface area contributed by atoms with Crippen molar-refractivity contribution in [1.29, 1.82) is 0 Å². The molecular formula is C21H24N2O5S. The lowest BCUT2D eigenvalue weighted by molar-refractivity contribution is -0.141. The molecule has 0 aliphatic carbocycles. The number of ether oxygens (including phenoxy) is 3. The third kappa shape index (κ3) is 4.71. The molecule has 8 heteroatoms. The van der Waals surface area contributed by atoms with Crippen LogP contribution < -0.4 is 4.74 Å². The molecule has 3 rings (SSSR count). The summed E-state index contributed by atoms with van der Waals surface area (Å²) in [5, 5.41) is 0.615. The van der Waals surface area contributed by atoms with Gasteiger partial charge in [0, 0.05) is 19.3 Å². The quantitative estimate of drug-likeness (QED) is 0.368. The highest BCUT2D eigenvalue weighted by atomic mass is 32.2. The molecule has 1 aromatic carbocycles. The highest BCUT2D eigenvalue weighted by Crippen LogP contribution is 2.40. The van der Waals surface area contributed by atoms with E-state index in [0.29, 0.717) is 47.6 Å². The predicted molar refractivity (Wildman–Crippen MR) is 112 cm³/mol. The molecule has 1 aromatic rings. The van der Waals surface area contributed by atoms with Crippen LogP contribution in [-0.2, 0) is 19.1 Å². The summed E-state index contributed by atoms with van der Waals surface area (Å²) < 4.78 is 15.9. The van der Waals surface area contributed by atoms with Crippen molar-refractivity contribution >= 4 is 28.8 Å². The lowest BCUT2D eigenvalue weighted by Gasteiger charge is -2.38. The zero-order valence-electron chi connectivity index (χ0n) is 16.6. The van der Waals surface area contributed by atoms with Crippen LogP contribution in [0.1, 0.15) is 24.9 Å². The van der Waals surface area contributed by atoms with Crippen molar-refractivity contribution in [3.8, 4) is 5.75 Å². The van der Waals surface area contributed by atoms with E-state index in [1.165, 1.54) is 18.9 Å². The number of benzene rings is 1. The number of amides is 1. The van der Waals surface area contributed by atoms with Gasteiger partial charge in [0.2, 0.25) is 5.91 Å². The third-order valence-corrected chi connectivity index (χ3v) is 5.47. The van der Waals surface area contributed by atoms with E-state index in [4.69, 9.17) is 14.2 Å². The monoisotopic (exact) mass is 416 g/mol. The molecule has 7 nitrogen and oxygen atoms in total. The smallest absolute Gasteiger partial charge is 0.338 e. The number of aliphatic imine (C=N–C) groups is 1. The van der Waals surface area contributed by atoms with E-state index in [2.05, 4.69) is 11.6 Å². The number of amidine groups is 1. The van der Waals surface area contributed by atoms with Crippen LogP contribution in [0.3, 0.4) is 0 Å². The molecule has 0 aromatic heterocycles. The second kappa shape index (κ2) is 9.76. The van der Waals surface area contributed by atoms with Crippen molar-refractivity contribution in [2.45, 2.75) is 19.4 Å². The summed E-state index contributed by atoms with van der Waals surface area (Å²) in [6.07, 6.45) is 2.06. The van der Waals surface area contributed by atoms with Crippen LogP contribution >= 0.6 is 11.8 Å². The molecule has 2 heterocycles. The van der Waals surface area contributed by atoms with E-state index in [0.717, 1.165) is 5.56 Å². The van der Waals surface area contributed by atoms with Crippen LogP contribution in [0.4, 0.5) is 0 Å². The summed E-state index contributed by atoms with van der Waals surface area (Å²) in [7, 11) is 1.54. The van der Waals surface area contributed by atoms with Crippen LogP contribution in [-0.4, -0.2) is 54.6 Å². The average molecular weight is 416 g/mol. The number of methoxy groups -OCH3 is 1. The molecule has 2 aliphatic rings. The summed E-state index contributed by atoms with van der Waals surface area (Å²) in [6, 6.07) is 6.75. The van der Waals surface area contributed by atoms with Crippen LogP contribution in [0.5, 0.6) is 5.75 Å². The van der Waals surface area contributed by atoms with Gasteiger partial charge in [-0.3, -0.25) is 9.69 Å². The predicted octanol–water partition coefficient (Wildman–Crippen LogP) is 3.09. The normalized spacial score (nSPS) is 18.8. The minimum atomic E-state index is -0.591. The molecule has 1 unspecified atom stereocenters. The van der Waals surface area contributed by atoms with E-state index in [1.807, 2.05) is 24.3 Å². The number of nitrogens with zero attached hydrogens (tertiary/aromatic N) is 2. The molecule has 0 radical (unpaired) electrons. The number of hydrogen-bond donors (Lipinski definition) is 0. The highest BCUT2D eigenvalue weighted by molar-refractivity contribution is 8.14. The first-order chi connectivity index (χ1) is 14.1. The van der Waals surface area contributed by atoms with Gasteiger partial charge >= 0.3 is 5.97 Å². The molecule has 1 fully saturated rings. The van der Waals surface area contributed by atoms with Gasteiger partial charge < -0.3 is 14.2 Å². The van der Waals surface area contributed by atoms with Crippen molar-refractivity contribution in [2.24, 2.45) is 4.99 Å². The fourth-order valence-electron chi connectivity index (χ4n) is 3.17. The maximum Gasteiger partial charge on any atom is 0.338 e. The number of fused-ring (bicyclic) bond motifs is 1. The Labute approximate surface area is 174 Å². The molecule has 0 N–H and O–H groups in total.